The molecule has 2 amide bonds. The first kappa shape index (κ1) is 29.0. The summed E-state index contributed by atoms with van der Waals surface area (Å²) in [6.07, 6.45) is 2.31. The Morgan fingerprint density at radius 2 is 1.92 bits per heavy atom. The van der Waals surface area contributed by atoms with Gasteiger partial charge in [-0.15, -0.1) is 11.3 Å². The molecule has 0 bridgehead atoms. The maximum atomic E-state index is 13.1. The lowest BCUT2D eigenvalue weighted by Gasteiger charge is -2.26. The first-order valence-corrected chi connectivity index (χ1v) is 15.9. The summed E-state index contributed by atoms with van der Waals surface area (Å²) in [7, 11) is -2.17. The summed E-state index contributed by atoms with van der Waals surface area (Å²) in [6, 6.07) is 12.5. The lowest BCUT2D eigenvalue weighted by molar-refractivity contribution is -0.118. The van der Waals surface area contributed by atoms with Crippen molar-refractivity contribution in [2.75, 3.05) is 50.7 Å². The largest absolute Gasteiger partial charge is 0.497 e. The summed E-state index contributed by atoms with van der Waals surface area (Å²) in [5.41, 5.74) is 1.75. The minimum Gasteiger partial charge on any atom is -0.497 e. The number of hydrogen-bond acceptors (Lipinski definition) is 9. The van der Waals surface area contributed by atoms with Crippen molar-refractivity contribution in [2.24, 2.45) is 0 Å². The first-order valence-electron chi connectivity index (χ1n) is 12.2. The van der Waals surface area contributed by atoms with Crippen LogP contribution in [0, 0.1) is 0 Å². The number of hydrogen-bond donors (Lipinski definition) is 2. The van der Waals surface area contributed by atoms with E-state index < -0.39 is 27.9 Å². The fraction of sp³-hybridized carbons (Fsp3) is 0.346. The number of benzene rings is 2. The SMILES string of the molecule is COc1ccc(-c2csc(NC(=O)[C@@H](CCSC)NC(=O)c3cccc(S(=O)(=O)N4CCOCC4)c3)n2)cc1. The van der Waals surface area contributed by atoms with Crippen molar-refractivity contribution in [3.05, 3.63) is 59.5 Å². The average molecular weight is 591 g/mol. The van der Waals surface area contributed by atoms with Crippen molar-refractivity contribution in [3.8, 4) is 17.0 Å². The van der Waals surface area contributed by atoms with Crippen LogP contribution < -0.4 is 15.4 Å². The molecule has 1 aliphatic rings. The number of sulfonamides is 1. The highest BCUT2D eigenvalue weighted by Crippen LogP contribution is 2.27. The molecule has 208 valence electrons. The smallest absolute Gasteiger partial charge is 0.251 e. The van der Waals surface area contributed by atoms with Crippen LogP contribution in [0.2, 0.25) is 0 Å². The maximum Gasteiger partial charge on any atom is 0.251 e. The van der Waals surface area contributed by atoms with E-state index >= 15 is 0 Å². The second-order valence-corrected chi connectivity index (χ2v) is 12.4. The van der Waals surface area contributed by atoms with E-state index in [1.54, 1.807) is 18.9 Å². The second kappa shape index (κ2) is 13.4. The molecule has 39 heavy (non-hydrogen) atoms. The van der Waals surface area contributed by atoms with Crippen molar-refractivity contribution in [3.63, 3.8) is 0 Å². The number of nitrogens with zero attached hydrogens (tertiary/aromatic N) is 2. The first-order chi connectivity index (χ1) is 18.8. The van der Waals surface area contributed by atoms with E-state index in [1.165, 1.54) is 39.9 Å². The molecule has 3 aromatic rings. The topological polar surface area (TPSA) is 127 Å². The van der Waals surface area contributed by atoms with Gasteiger partial charge in [-0.3, -0.25) is 9.59 Å². The van der Waals surface area contributed by atoms with Gasteiger partial charge in [0.15, 0.2) is 5.13 Å². The van der Waals surface area contributed by atoms with E-state index in [0.29, 0.717) is 36.2 Å². The van der Waals surface area contributed by atoms with Gasteiger partial charge >= 0.3 is 0 Å². The molecule has 1 aliphatic heterocycles. The molecule has 13 heteroatoms. The number of rotatable bonds is 11. The molecular weight excluding hydrogens is 561 g/mol. The third-order valence-corrected chi connectivity index (χ3v) is 9.35. The Bertz CT molecular complexity index is 1390. The van der Waals surface area contributed by atoms with Crippen LogP contribution in [0.5, 0.6) is 5.75 Å². The molecule has 0 unspecified atom stereocenters. The number of thioether (sulfide) groups is 1. The van der Waals surface area contributed by atoms with E-state index in [-0.39, 0.29) is 23.5 Å². The third-order valence-electron chi connectivity index (χ3n) is 6.06. The van der Waals surface area contributed by atoms with Gasteiger partial charge < -0.3 is 20.1 Å². The number of carbonyl (C=O) groups excluding carboxylic acids is 2. The number of morpholine rings is 1. The highest BCUT2D eigenvalue weighted by atomic mass is 32.2. The minimum absolute atomic E-state index is 0.0241. The third kappa shape index (κ3) is 7.37. The van der Waals surface area contributed by atoms with Crippen LogP contribution in [0.3, 0.4) is 0 Å². The molecule has 1 fully saturated rings. The molecule has 0 aliphatic carbocycles. The summed E-state index contributed by atoms with van der Waals surface area (Å²) in [4.78, 5) is 30.8. The Morgan fingerprint density at radius 1 is 1.18 bits per heavy atom. The van der Waals surface area contributed by atoms with Gasteiger partial charge in [-0.05, 0) is 60.9 Å². The van der Waals surface area contributed by atoms with Gasteiger partial charge in [0.2, 0.25) is 15.9 Å². The van der Waals surface area contributed by atoms with Gasteiger partial charge in [-0.2, -0.15) is 16.1 Å². The van der Waals surface area contributed by atoms with Crippen LogP contribution in [0.1, 0.15) is 16.8 Å². The van der Waals surface area contributed by atoms with Crippen molar-refractivity contribution >= 4 is 50.1 Å². The molecule has 1 saturated heterocycles. The molecular formula is C26H30N4O6S3. The second-order valence-electron chi connectivity index (χ2n) is 8.61. The van der Waals surface area contributed by atoms with E-state index in [9.17, 15) is 18.0 Å². The summed E-state index contributed by atoms with van der Waals surface area (Å²) >= 11 is 2.84. The molecule has 1 atom stereocenters. The number of ether oxygens (including phenoxy) is 2. The molecule has 0 spiro atoms. The Balaban J connectivity index is 1.45. The maximum absolute atomic E-state index is 13.1. The predicted molar refractivity (Wildman–Crippen MR) is 153 cm³/mol. The molecule has 0 radical (unpaired) electrons. The lowest BCUT2D eigenvalue weighted by Crippen LogP contribution is -2.44. The zero-order valence-corrected chi connectivity index (χ0v) is 24.0. The van der Waals surface area contributed by atoms with E-state index in [0.717, 1.165) is 11.3 Å². The number of thiazole rings is 1. The van der Waals surface area contributed by atoms with Crippen LogP contribution >= 0.6 is 23.1 Å². The lowest BCUT2D eigenvalue weighted by atomic mass is 10.1. The Hall–Kier alpha value is -2.97. The van der Waals surface area contributed by atoms with Crippen molar-refractivity contribution in [1.29, 1.82) is 0 Å². The van der Waals surface area contributed by atoms with Gasteiger partial charge in [0.1, 0.15) is 11.8 Å². The number of methoxy groups -OCH3 is 1. The van der Waals surface area contributed by atoms with E-state index in [2.05, 4.69) is 15.6 Å². The zero-order chi connectivity index (χ0) is 27.8. The fourth-order valence-corrected chi connectivity index (χ4v) is 6.55. The van der Waals surface area contributed by atoms with Gasteiger partial charge in [0.25, 0.3) is 5.91 Å². The van der Waals surface area contributed by atoms with Crippen LogP contribution in [-0.4, -0.2) is 81.0 Å². The minimum atomic E-state index is -3.77. The summed E-state index contributed by atoms with van der Waals surface area (Å²) in [5, 5.41) is 7.82. The number of anilines is 1. The zero-order valence-electron chi connectivity index (χ0n) is 21.6. The fourth-order valence-electron chi connectivity index (χ4n) is 3.90. The number of amides is 2. The van der Waals surface area contributed by atoms with E-state index in [4.69, 9.17) is 9.47 Å². The van der Waals surface area contributed by atoms with E-state index in [1.807, 2.05) is 35.9 Å². The number of nitrogens with one attached hydrogen (secondary N) is 2. The van der Waals surface area contributed by atoms with Crippen LogP contribution in [0.25, 0.3) is 11.3 Å². The van der Waals surface area contributed by atoms with Crippen molar-refractivity contribution in [1.82, 2.24) is 14.6 Å². The highest BCUT2D eigenvalue weighted by Gasteiger charge is 2.28. The van der Waals surface area contributed by atoms with Crippen molar-refractivity contribution in [2.45, 2.75) is 17.4 Å². The summed E-state index contributed by atoms with van der Waals surface area (Å²) in [6.45, 7) is 1.16. The van der Waals surface area contributed by atoms with Gasteiger partial charge in [0, 0.05) is 29.6 Å². The number of carbonyl (C=O) groups is 2. The Labute approximate surface area is 236 Å². The molecule has 2 heterocycles. The molecule has 10 nitrogen and oxygen atoms in total. The van der Waals surface area contributed by atoms with Gasteiger partial charge in [0.05, 0.1) is 30.9 Å². The monoisotopic (exact) mass is 590 g/mol. The van der Waals surface area contributed by atoms with Crippen LogP contribution in [-0.2, 0) is 19.6 Å². The van der Waals surface area contributed by atoms with Crippen LogP contribution in [0.4, 0.5) is 5.13 Å². The molecule has 2 N–H and O–H groups in total. The highest BCUT2D eigenvalue weighted by molar-refractivity contribution is 7.98. The van der Waals surface area contributed by atoms with Crippen molar-refractivity contribution < 1.29 is 27.5 Å². The summed E-state index contributed by atoms with van der Waals surface area (Å²) < 4.78 is 37.8. The molecule has 4 rings (SSSR count). The predicted octanol–water partition coefficient (Wildman–Crippen LogP) is 3.33. The molecule has 1 aromatic heterocycles. The summed E-state index contributed by atoms with van der Waals surface area (Å²) in [5.74, 6) is 0.441. The average Bonchev–Trinajstić information content (AvgIpc) is 3.44. The normalized spacial score (nSPS) is 14.9. The van der Waals surface area contributed by atoms with Gasteiger partial charge in [-0.25, -0.2) is 13.4 Å². The van der Waals surface area contributed by atoms with Gasteiger partial charge in [-0.1, -0.05) is 6.07 Å². The van der Waals surface area contributed by atoms with Crippen LogP contribution in [0.15, 0.2) is 58.8 Å². The standard InChI is InChI=1S/C26H30N4O6S3/c1-35-20-8-6-18(7-9-20)23-17-38-26(28-23)29-25(32)22(10-15-37-2)27-24(31)19-4-3-5-21(16-19)39(33,34)30-11-13-36-14-12-30/h3-9,16-17,22H,10-15H2,1-2H3,(H,27,31)(H,28,29,32)/t22-/m1/s1. The molecule has 2 aromatic carbocycles. The Kier molecular flexibility index (Phi) is 9.97. The Morgan fingerprint density at radius 3 is 2.62 bits per heavy atom. The number of aromatic nitrogens is 1. The molecule has 0 saturated carbocycles. The quantitative estimate of drug-likeness (QED) is 0.348.